The Hall–Kier alpha value is -2.89. The van der Waals surface area contributed by atoms with Gasteiger partial charge in [0.05, 0.1) is 11.0 Å². The first-order chi connectivity index (χ1) is 17.9. The fourth-order valence-electron chi connectivity index (χ4n) is 9.28. The van der Waals surface area contributed by atoms with Gasteiger partial charge in [0.15, 0.2) is 23.4 Å². The molecule has 2 heterocycles. The van der Waals surface area contributed by atoms with Crippen molar-refractivity contribution in [2.75, 3.05) is 13.1 Å². The van der Waals surface area contributed by atoms with Crippen LogP contribution in [0.5, 0.6) is 11.5 Å². The highest BCUT2D eigenvalue weighted by molar-refractivity contribution is 5.96. The molecule has 2 spiro atoms. The second-order valence-electron chi connectivity index (χ2n) is 12.9. The smallest absolute Gasteiger partial charge is 0.181 e. The molecule has 5 heteroatoms. The summed E-state index contributed by atoms with van der Waals surface area (Å²) in [7, 11) is 0. The molecule has 1 saturated heterocycles. The minimum Gasteiger partial charge on any atom is -0.504 e. The summed E-state index contributed by atoms with van der Waals surface area (Å²) >= 11 is 0. The van der Waals surface area contributed by atoms with Gasteiger partial charge in [-0.15, -0.1) is 0 Å². The van der Waals surface area contributed by atoms with E-state index in [-0.39, 0.29) is 17.6 Å². The average molecular weight is 494 g/mol. The first kappa shape index (κ1) is 21.1. The minimum atomic E-state index is -1.08. The highest BCUT2D eigenvalue weighted by atomic mass is 16.5. The Morgan fingerprint density at radius 2 is 1.73 bits per heavy atom. The largest absolute Gasteiger partial charge is 0.504 e. The number of hydrogen-bond acceptors (Lipinski definition) is 5. The maximum Gasteiger partial charge on any atom is 0.181 e. The quantitative estimate of drug-likeness (QED) is 0.563. The molecular weight excluding hydrogens is 462 g/mol. The van der Waals surface area contributed by atoms with E-state index in [2.05, 4.69) is 41.3 Å². The van der Waals surface area contributed by atoms with E-state index in [1.165, 1.54) is 34.7 Å². The van der Waals surface area contributed by atoms with Crippen molar-refractivity contribution in [3.63, 3.8) is 0 Å². The summed E-state index contributed by atoms with van der Waals surface area (Å²) in [5.41, 5.74) is 1.97. The number of rotatable bonds is 2. The summed E-state index contributed by atoms with van der Waals surface area (Å²) in [4.78, 5) is 17.2. The first-order valence-electron chi connectivity index (χ1n) is 14.0. The number of ketones is 1. The van der Waals surface area contributed by atoms with Crippen molar-refractivity contribution in [2.24, 2.45) is 11.3 Å². The number of Topliss-reactive ketones (excluding diaryl/α,β-unsaturated/α-hetero) is 1. The molecule has 9 rings (SSSR count). The molecule has 0 amide bonds. The average Bonchev–Trinajstić information content (AvgIpc) is 3.52. The number of phenolic OH excluding ortho intramolecular Hbond substituents is 1. The van der Waals surface area contributed by atoms with E-state index in [0.29, 0.717) is 31.4 Å². The van der Waals surface area contributed by atoms with E-state index in [0.717, 1.165) is 36.6 Å². The number of fused-ring (bicyclic) bond motifs is 2. The maximum absolute atomic E-state index is 14.6. The zero-order chi connectivity index (χ0) is 24.7. The molecule has 2 aliphatic heterocycles. The van der Waals surface area contributed by atoms with Gasteiger partial charge in [-0.25, -0.2) is 0 Å². The zero-order valence-electron chi connectivity index (χ0n) is 20.9. The number of phenols is 1. The van der Waals surface area contributed by atoms with Crippen LogP contribution in [0.1, 0.15) is 47.9 Å². The molecule has 0 radical (unpaired) electrons. The highest BCUT2D eigenvalue weighted by Gasteiger charge is 2.77. The molecule has 188 valence electrons. The summed E-state index contributed by atoms with van der Waals surface area (Å²) in [6.07, 6.45) is 5.00. The molecule has 2 N–H and O–H groups in total. The third-order valence-corrected chi connectivity index (χ3v) is 11.0. The van der Waals surface area contributed by atoms with Crippen LogP contribution in [0.4, 0.5) is 0 Å². The predicted molar refractivity (Wildman–Crippen MR) is 139 cm³/mol. The van der Waals surface area contributed by atoms with Crippen molar-refractivity contribution < 1.29 is 19.7 Å². The lowest BCUT2D eigenvalue weighted by Gasteiger charge is -2.65. The summed E-state index contributed by atoms with van der Waals surface area (Å²) < 4.78 is 6.50. The number of likely N-dealkylation sites (tertiary alicyclic amines) is 1. The van der Waals surface area contributed by atoms with Gasteiger partial charge in [0.2, 0.25) is 0 Å². The highest BCUT2D eigenvalue weighted by Crippen LogP contribution is 2.68. The van der Waals surface area contributed by atoms with Gasteiger partial charge in [0.25, 0.3) is 0 Å². The number of ether oxygens (including phenoxy) is 1. The van der Waals surface area contributed by atoms with Crippen LogP contribution < -0.4 is 4.74 Å². The third kappa shape index (κ3) is 2.42. The number of carbonyl (C=O) groups excluding carboxylic acids is 1. The second-order valence-corrected chi connectivity index (χ2v) is 12.9. The standard InChI is InChI=1S/C32H31NO4/c34-24-8-7-21-13-25-32(36)17-30(14-22-11-19-3-1-2-4-20(19)12-23(22)15-30)28(35)29-31(32,26(21)27(24)37-29)9-10-33(25)16-18-5-6-18/h1-4,7-8,11-12,18,25,29,34,36H,5-6,9-10,13-17H2/t25-,29-,31-,32+/m0/s1. The van der Waals surface area contributed by atoms with Gasteiger partial charge >= 0.3 is 0 Å². The third-order valence-electron chi connectivity index (χ3n) is 11.0. The topological polar surface area (TPSA) is 70.0 Å². The van der Waals surface area contributed by atoms with Crippen molar-refractivity contribution in [2.45, 2.75) is 68.1 Å². The Morgan fingerprint density at radius 3 is 2.43 bits per heavy atom. The van der Waals surface area contributed by atoms with E-state index in [9.17, 15) is 15.0 Å². The lowest BCUT2D eigenvalue weighted by atomic mass is 9.44. The van der Waals surface area contributed by atoms with E-state index in [1.807, 2.05) is 6.07 Å². The van der Waals surface area contributed by atoms with Crippen molar-refractivity contribution >= 4 is 16.6 Å². The Morgan fingerprint density at radius 1 is 1.00 bits per heavy atom. The number of hydrogen-bond donors (Lipinski definition) is 2. The lowest BCUT2D eigenvalue weighted by molar-refractivity contribution is -0.209. The number of carbonyl (C=O) groups is 1. The van der Waals surface area contributed by atoms with Gasteiger partial charge < -0.3 is 14.9 Å². The van der Waals surface area contributed by atoms with Crippen LogP contribution >= 0.6 is 0 Å². The van der Waals surface area contributed by atoms with Crippen LogP contribution in [0.25, 0.3) is 10.8 Å². The molecule has 3 aromatic carbocycles. The van der Waals surface area contributed by atoms with Gasteiger partial charge in [-0.1, -0.05) is 42.5 Å². The number of aromatic hydroxyl groups is 1. The molecule has 4 aliphatic carbocycles. The van der Waals surface area contributed by atoms with Gasteiger partial charge in [-0.05, 0) is 90.9 Å². The first-order valence-corrected chi connectivity index (χ1v) is 14.0. The molecule has 4 atom stereocenters. The Bertz CT molecular complexity index is 1500. The van der Waals surface area contributed by atoms with E-state index < -0.39 is 22.5 Å². The van der Waals surface area contributed by atoms with Crippen LogP contribution in [0, 0.1) is 11.3 Å². The van der Waals surface area contributed by atoms with Crippen LogP contribution in [-0.4, -0.2) is 51.7 Å². The molecule has 37 heavy (non-hydrogen) atoms. The molecule has 3 aromatic rings. The molecule has 2 saturated carbocycles. The summed E-state index contributed by atoms with van der Waals surface area (Å²) in [5, 5.41) is 26.3. The molecule has 6 aliphatic rings. The van der Waals surface area contributed by atoms with Gasteiger partial charge in [-0.3, -0.25) is 9.69 Å². The number of aliphatic hydroxyl groups is 1. The number of benzene rings is 3. The van der Waals surface area contributed by atoms with Crippen molar-refractivity contribution in [3.05, 3.63) is 70.8 Å². The van der Waals surface area contributed by atoms with Crippen molar-refractivity contribution in [3.8, 4) is 11.5 Å². The van der Waals surface area contributed by atoms with Crippen LogP contribution in [0.3, 0.4) is 0 Å². The molecule has 0 aromatic heterocycles. The molecule has 0 unspecified atom stereocenters. The van der Waals surface area contributed by atoms with E-state index in [1.54, 1.807) is 6.07 Å². The second kappa shape index (κ2) is 6.57. The predicted octanol–water partition coefficient (Wildman–Crippen LogP) is 4.07. The summed E-state index contributed by atoms with van der Waals surface area (Å²) in [5.74, 6) is 1.39. The SMILES string of the molecule is O=C1[C@@H]2Oc3c(O)ccc4c3[C@@]23CCN(CC2CC2)[C@@H](C4)[C@]3(O)CC12Cc1cc3ccccc3cc1C2. The van der Waals surface area contributed by atoms with Gasteiger partial charge in [0, 0.05) is 23.6 Å². The van der Waals surface area contributed by atoms with Crippen molar-refractivity contribution in [1.82, 2.24) is 4.90 Å². The molecule has 5 nitrogen and oxygen atoms in total. The lowest BCUT2D eigenvalue weighted by Crippen LogP contribution is -2.79. The Balaban J connectivity index is 1.22. The minimum absolute atomic E-state index is 0.0382. The number of piperidine rings is 1. The summed E-state index contributed by atoms with van der Waals surface area (Å²) in [6.45, 7) is 1.89. The monoisotopic (exact) mass is 493 g/mol. The molecule has 3 fully saturated rings. The summed E-state index contributed by atoms with van der Waals surface area (Å²) in [6, 6.07) is 16.6. The molecule has 2 bridgehead atoms. The van der Waals surface area contributed by atoms with Gasteiger partial charge in [0.1, 0.15) is 0 Å². The fourth-order valence-corrected chi connectivity index (χ4v) is 9.28. The van der Waals surface area contributed by atoms with Crippen LogP contribution in [0.2, 0.25) is 0 Å². The Kier molecular flexibility index (Phi) is 3.74. The van der Waals surface area contributed by atoms with Crippen LogP contribution in [0.15, 0.2) is 48.5 Å². The normalized spacial score (nSPS) is 34.5. The van der Waals surface area contributed by atoms with E-state index in [4.69, 9.17) is 4.74 Å². The number of nitrogens with zero attached hydrogens (tertiary/aromatic N) is 1. The fraction of sp³-hybridized carbons (Fsp3) is 0.469. The zero-order valence-corrected chi connectivity index (χ0v) is 20.9. The molecular formula is C32H31NO4. The van der Waals surface area contributed by atoms with Gasteiger partial charge in [-0.2, -0.15) is 0 Å². The van der Waals surface area contributed by atoms with E-state index >= 15 is 0 Å². The Labute approximate surface area is 216 Å². The van der Waals surface area contributed by atoms with Crippen LogP contribution in [-0.2, 0) is 29.5 Å². The maximum atomic E-state index is 14.6. The van der Waals surface area contributed by atoms with Crippen molar-refractivity contribution in [1.29, 1.82) is 0 Å².